The summed E-state index contributed by atoms with van der Waals surface area (Å²) in [4.78, 5) is 13.0. The van der Waals surface area contributed by atoms with Gasteiger partial charge >= 0.3 is 5.97 Å². The molecule has 0 saturated carbocycles. The molecule has 0 aromatic heterocycles. The molecule has 1 aliphatic rings. The summed E-state index contributed by atoms with van der Waals surface area (Å²) >= 11 is 0. The fourth-order valence-electron chi connectivity index (χ4n) is 2.43. The van der Waals surface area contributed by atoms with Crippen molar-refractivity contribution in [1.82, 2.24) is 4.90 Å². The molecule has 5 nitrogen and oxygen atoms in total. The highest BCUT2D eigenvalue weighted by Crippen LogP contribution is 2.23. The van der Waals surface area contributed by atoms with Crippen molar-refractivity contribution in [3.05, 3.63) is 29.6 Å². The van der Waals surface area contributed by atoms with E-state index in [9.17, 15) is 9.18 Å². The van der Waals surface area contributed by atoms with E-state index in [1.54, 1.807) is 12.1 Å². The summed E-state index contributed by atoms with van der Waals surface area (Å²) in [6.07, 6.45) is 0. The van der Waals surface area contributed by atoms with Crippen LogP contribution >= 0.6 is 0 Å². The maximum absolute atomic E-state index is 13.6. The molecule has 1 fully saturated rings. The molecule has 20 heavy (non-hydrogen) atoms. The van der Waals surface area contributed by atoms with E-state index in [1.165, 1.54) is 13.2 Å². The predicted molar refractivity (Wildman–Crippen MR) is 70.2 cm³/mol. The van der Waals surface area contributed by atoms with Gasteiger partial charge in [0.05, 0.1) is 26.2 Å². The smallest absolute Gasteiger partial charge is 0.310 e. The van der Waals surface area contributed by atoms with Crippen LogP contribution in [-0.2, 0) is 16.1 Å². The molecule has 2 rings (SSSR count). The molecule has 6 heteroatoms. The summed E-state index contributed by atoms with van der Waals surface area (Å²) < 4.78 is 23.7. The van der Waals surface area contributed by atoms with E-state index < -0.39 is 17.7 Å². The first-order valence-electron chi connectivity index (χ1n) is 6.36. The summed E-state index contributed by atoms with van der Waals surface area (Å²) in [7, 11) is 3.23. The number of hydrogen-bond acceptors (Lipinski definition) is 4. The molecule has 2 atom stereocenters. The quantitative estimate of drug-likeness (QED) is 0.884. The molecule has 2 unspecified atom stereocenters. The van der Waals surface area contributed by atoms with E-state index >= 15 is 0 Å². The second kappa shape index (κ2) is 6.19. The zero-order chi connectivity index (χ0) is 14.7. The first-order chi connectivity index (χ1) is 9.52. The number of carboxylic acids is 1. The summed E-state index contributed by atoms with van der Waals surface area (Å²) in [5.41, 5.74) is 0.766. The number of hydrogen-bond donors (Lipinski definition) is 1. The summed E-state index contributed by atoms with van der Waals surface area (Å²) in [6, 6.07) is 4.54. The van der Waals surface area contributed by atoms with Crippen LogP contribution in [0, 0.1) is 11.7 Å². The summed E-state index contributed by atoms with van der Waals surface area (Å²) in [6.45, 7) is 1.06. The first-order valence-corrected chi connectivity index (χ1v) is 6.36. The molecule has 0 spiro atoms. The molecule has 1 aromatic rings. The van der Waals surface area contributed by atoms with Crippen molar-refractivity contribution in [3.63, 3.8) is 0 Å². The highest BCUT2D eigenvalue weighted by molar-refractivity contribution is 5.71. The number of carboxylic acid groups (broad SMARTS) is 1. The Labute approximate surface area is 116 Å². The molecule has 1 saturated heterocycles. The van der Waals surface area contributed by atoms with Crippen LogP contribution in [0.15, 0.2) is 18.2 Å². The fourth-order valence-corrected chi connectivity index (χ4v) is 2.43. The van der Waals surface area contributed by atoms with Crippen LogP contribution < -0.4 is 4.74 Å². The van der Waals surface area contributed by atoms with Crippen LogP contribution in [-0.4, -0.2) is 49.4 Å². The zero-order valence-corrected chi connectivity index (χ0v) is 11.5. The van der Waals surface area contributed by atoms with E-state index in [-0.39, 0.29) is 18.4 Å². The number of methoxy groups -OCH3 is 1. The van der Waals surface area contributed by atoms with Crippen LogP contribution in [0.3, 0.4) is 0 Å². The number of halogens is 1. The second-order valence-electron chi connectivity index (χ2n) is 4.93. The van der Waals surface area contributed by atoms with Crippen molar-refractivity contribution in [2.24, 2.45) is 5.92 Å². The number of carbonyl (C=O) groups is 1. The predicted octanol–water partition coefficient (Wildman–Crippen LogP) is 1.37. The molecule has 0 amide bonds. The lowest BCUT2D eigenvalue weighted by molar-refractivity contribution is -0.143. The minimum absolute atomic E-state index is 0.197. The molecular weight excluding hydrogens is 265 g/mol. The van der Waals surface area contributed by atoms with E-state index in [1.807, 2.05) is 11.9 Å². The highest BCUT2D eigenvalue weighted by atomic mass is 19.1. The fraction of sp³-hybridized carbons (Fsp3) is 0.500. The van der Waals surface area contributed by atoms with Crippen LogP contribution in [0.5, 0.6) is 5.75 Å². The Bertz CT molecular complexity index is 494. The van der Waals surface area contributed by atoms with Gasteiger partial charge in [-0.1, -0.05) is 6.07 Å². The number of likely N-dealkylation sites (N-methyl/N-ethyl adjacent to an activating group) is 1. The summed E-state index contributed by atoms with van der Waals surface area (Å²) in [5, 5.41) is 9.13. The van der Waals surface area contributed by atoms with Crippen molar-refractivity contribution >= 4 is 5.97 Å². The van der Waals surface area contributed by atoms with Gasteiger partial charge in [-0.3, -0.25) is 9.69 Å². The standard InChI is InChI=1S/C14H18FNO4/c1-16(12-8-20-7-10(12)14(17)18)6-9-3-4-13(19-2)11(15)5-9/h3-5,10,12H,6-8H2,1-2H3,(H,17,18). The number of rotatable bonds is 5. The largest absolute Gasteiger partial charge is 0.494 e. The third kappa shape index (κ3) is 3.08. The van der Waals surface area contributed by atoms with Crippen LogP contribution in [0.2, 0.25) is 0 Å². The normalized spacial score (nSPS) is 22.2. The van der Waals surface area contributed by atoms with Crippen molar-refractivity contribution in [2.75, 3.05) is 27.4 Å². The molecule has 110 valence electrons. The molecular formula is C14H18FNO4. The Balaban J connectivity index is 2.05. The van der Waals surface area contributed by atoms with Crippen LogP contribution in [0.1, 0.15) is 5.56 Å². The van der Waals surface area contributed by atoms with Crippen molar-refractivity contribution < 1.29 is 23.8 Å². The lowest BCUT2D eigenvalue weighted by Gasteiger charge is -2.26. The number of nitrogens with zero attached hydrogens (tertiary/aromatic N) is 1. The lowest BCUT2D eigenvalue weighted by atomic mass is 10.0. The average Bonchev–Trinajstić information content (AvgIpc) is 2.88. The molecule has 0 bridgehead atoms. The highest BCUT2D eigenvalue weighted by Gasteiger charge is 2.36. The maximum Gasteiger partial charge on any atom is 0.310 e. The van der Waals surface area contributed by atoms with Gasteiger partial charge in [-0.05, 0) is 24.7 Å². The SMILES string of the molecule is COc1ccc(CN(C)C2COCC2C(=O)O)cc1F. The molecule has 1 aromatic carbocycles. The Hall–Kier alpha value is -1.66. The van der Waals surface area contributed by atoms with Gasteiger partial charge in [0.1, 0.15) is 0 Å². The van der Waals surface area contributed by atoms with Gasteiger partial charge in [0.25, 0.3) is 0 Å². The van der Waals surface area contributed by atoms with E-state index in [2.05, 4.69) is 0 Å². The number of ether oxygens (including phenoxy) is 2. The Morgan fingerprint density at radius 1 is 1.55 bits per heavy atom. The van der Waals surface area contributed by atoms with E-state index in [0.717, 1.165) is 5.56 Å². The maximum atomic E-state index is 13.6. The van der Waals surface area contributed by atoms with Gasteiger partial charge in [0.15, 0.2) is 11.6 Å². The third-order valence-electron chi connectivity index (χ3n) is 3.58. The first kappa shape index (κ1) is 14.7. The third-order valence-corrected chi connectivity index (χ3v) is 3.58. The zero-order valence-electron chi connectivity index (χ0n) is 11.5. The molecule has 1 heterocycles. The minimum Gasteiger partial charge on any atom is -0.494 e. The topological polar surface area (TPSA) is 59.0 Å². The van der Waals surface area contributed by atoms with Gasteiger partial charge in [-0.25, -0.2) is 4.39 Å². The molecule has 1 aliphatic heterocycles. The van der Waals surface area contributed by atoms with Crippen molar-refractivity contribution in [2.45, 2.75) is 12.6 Å². The van der Waals surface area contributed by atoms with Crippen molar-refractivity contribution in [3.8, 4) is 5.75 Å². The van der Waals surface area contributed by atoms with Crippen LogP contribution in [0.25, 0.3) is 0 Å². The van der Waals surface area contributed by atoms with E-state index in [0.29, 0.717) is 13.2 Å². The van der Waals surface area contributed by atoms with E-state index in [4.69, 9.17) is 14.6 Å². The summed E-state index contributed by atoms with van der Waals surface area (Å²) in [5.74, 6) is -1.62. The second-order valence-corrected chi connectivity index (χ2v) is 4.93. The number of aliphatic carboxylic acids is 1. The monoisotopic (exact) mass is 283 g/mol. The molecule has 0 aliphatic carbocycles. The molecule has 0 radical (unpaired) electrons. The number of benzene rings is 1. The van der Waals surface area contributed by atoms with Crippen LogP contribution in [0.4, 0.5) is 4.39 Å². The van der Waals surface area contributed by atoms with Gasteiger partial charge < -0.3 is 14.6 Å². The van der Waals surface area contributed by atoms with Gasteiger partial charge in [-0.15, -0.1) is 0 Å². The Kier molecular flexibility index (Phi) is 4.57. The Morgan fingerprint density at radius 2 is 2.30 bits per heavy atom. The van der Waals surface area contributed by atoms with Gasteiger partial charge in [0.2, 0.25) is 0 Å². The molecule has 1 N–H and O–H groups in total. The average molecular weight is 283 g/mol. The van der Waals surface area contributed by atoms with Gasteiger partial charge in [-0.2, -0.15) is 0 Å². The minimum atomic E-state index is -0.861. The van der Waals surface area contributed by atoms with Gasteiger partial charge in [0, 0.05) is 12.6 Å². The van der Waals surface area contributed by atoms with Crippen molar-refractivity contribution in [1.29, 1.82) is 0 Å². The Morgan fingerprint density at radius 3 is 2.90 bits per heavy atom. The lowest BCUT2D eigenvalue weighted by Crippen LogP contribution is -2.40.